The van der Waals surface area contributed by atoms with Gasteiger partial charge in [-0.15, -0.1) is 0 Å². The van der Waals surface area contributed by atoms with E-state index in [1.165, 1.54) is 0 Å². The van der Waals surface area contributed by atoms with Crippen LogP contribution in [0, 0.1) is 0 Å². The molecule has 40 N–H and O–H groups in total. The minimum absolute atomic E-state index is 0. The first-order valence-corrected chi connectivity index (χ1v) is 15.5. The summed E-state index contributed by atoms with van der Waals surface area (Å²) in [4.78, 5) is 0. The Morgan fingerprint density at radius 1 is 0.257 bits per heavy atom. The van der Waals surface area contributed by atoms with Gasteiger partial charge in [0.1, 0.15) is 0 Å². The van der Waals surface area contributed by atoms with Crippen LogP contribution in [0.25, 0.3) is 0 Å². The summed E-state index contributed by atoms with van der Waals surface area (Å²) < 4.78 is 120. The van der Waals surface area contributed by atoms with E-state index in [1.807, 2.05) is 0 Å². The molecule has 0 amide bonds. The van der Waals surface area contributed by atoms with Gasteiger partial charge in [-0.05, 0) is 0 Å². The van der Waals surface area contributed by atoms with Crippen molar-refractivity contribution in [2.75, 3.05) is 0 Å². The van der Waals surface area contributed by atoms with Crippen LogP contribution in [0.4, 0.5) is 0 Å². The van der Waals surface area contributed by atoms with Gasteiger partial charge in [0.15, 0.2) is 0 Å². The van der Waals surface area contributed by atoms with Crippen LogP contribution in [0.5, 0.6) is 0 Å². The van der Waals surface area contributed by atoms with Crippen molar-refractivity contribution < 1.29 is 66.6 Å². The van der Waals surface area contributed by atoms with Crippen LogP contribution in [0.2, 0.25) is 0 Å². The van der Waals surface area contributed by atoms with Crippen LogP contribution in [0.3, 0.4) is 0 Å². The molecule has 0 aromatic rings. The van der Waals surface area contributed by atoms with Crippen LogP contribution in [-0.2, 0) is 101 Å². The molecule has 0 aromatic carbocycles. The van der Waals surface area contributed by atoms with E-state index in [-0.39, 0.29) is 61.5 Å². The lowest BCUT2D eigenvalue weighted by Gasteiger charge is -1.73. The fourth-order valence-electron chi connectivity index (χ4n) is 0. The second kappa shape index (κ2) is 42.2. The fourth-order valence-corrected chi connectivity index (χ4v) is 0. The molecule has 0 fully saturated rings. The lowest BCUT2D eigenvalue weighted by Crippen LogP contribution is -1.86. The molecule has 0 saturated carbocycles. The van der Waals surface area contributed by atoms with Crippen molar-refractivity contribution in [3.05, 3.63) is 0 Å². The van der Waals surface area contributed by atoms with E-state index in [0.29, 0.717) is 0 Å². The smallest absolute Gasteiger partial charge is 0.263 e. The maximum absolute atomic E-state index is 9.11. The molecule has 35 heteroatoms. The molecule has 0 rings (SSSR count). The predicted molar refractivity (Wildman–Crippen MR) is 154 cm³/mol. The zero-order chi connectivity index (χ0) is 22.5. The average Bonchev–Trinajstić information content (AvgIpc) is 1.79. The third kappa shape index (κ3) is 34700. The van der Waals surface area contributed by atoms with E-state index in [4.69, 9.17) is 66.6 Å². The Bertz CT molecular complexity index is 645. The molecule has 0 saturated heterocycles. The van der Waals surface area contributed by atoms with E-state index >= 15 is 0 Å². The molecule has 0 unspecified atom stereocenters. The molecule has 240 valence electrons. The van der Waals surface area contributed by atoms with Gasteiger partial charge in [-0.25, -0.2) is 0 Å². The second-order valence-corrected chi connectivity index (χ2v) is 13.2. The lowest BCUT2D eigenvalue weighted by atomic mass is 14.0. The minimum atomic E-state index is -3.83. The average molecular weight is 741 g/mol. The first-order valence-electron chi connectivity index (χ1n) is 3.49. The summed E-state index contributed by atoms with van der Waals surface area (Å²) in [6, 6.07) is 0. The Balaban J connectivity index is -0.0000000103. The Labute approximate surface area is 228 Å². The highest BCUT2D eigenvalue weighted by Crippen LogP contribution is 1.63. The molecule has 0 aliphatic rings. The van der Waals surface area contributed by atoms with Crippen LogP contribution in [-0.4, -0.2) is 66.6 Å². The van der Waals surface area contributed by atoms with Crippen molar-refractivity contribution in [1.82, 2.24) is 61.5 Å². The maximum Gasteiger partial charge on any atom is 0.263 e. The van der Waals surface area contributed by atoms with Crippen LogP contribution in [0.15, 0.2) is 0 Å². The second-order valence-electron chi connectivity index (χ2n) is 2.24. The zero-order valence-electron chi connectivity index (χ0n) is 17.7. The summed E-state index contributed by atoms with van der Waals surface area (Å²) in [5.41, 5.74) is 0. The van der Waals surface area contributed by atoms with Crippen LogP contribution < -0.4 is 61.5 Å². The van der Waals surface area contributed by atoms with Gasteiger partial charge in [0, 0.05) is 55.9 Å². The topological polar surface area (TPSA) is 638 Å². The molecule has 0 aliphatic heterocycles. The molecule has 25 nitrogen and oxygen atoms in total. The van der Waals surface area contributed by atoms with Gasteiger partial charge in [-0.1, -0.05) is 0 Å². The van der Waals surface area contributed by atoms with Crippen molar-refractivity contribution >= 4 is 101 Å². The van der Waals surface area contributed by atoms with Gasteiger partial charge in [-0.2, -0.15) is 21.0 Å². The van der Waals surface area contributed by atoms with E-state index < -0.39 is 45.3 Å². The monoisotopic (exact) mass is 740 g/mol. The van der Waals surface area contributed by atoms with Gasteiger partial charge in [0.25, 0.3) is 45.3 Å². The van der Waals surface area contributed by atoms with Crippen LogP contribution >= 0.6 is 0 Å². The van der Waals surface area contributed by atoms with E-state index in [9.17, 15) is 0 Å². The van der Waals surface area contributed by atoms with Crippen LogP contribution in [0.1, 0.15) is 0 Å². The molecule has 0 bridgehead atoms. The van der Waals surface area contributed by atoms with Gasteiger partial charge < -0.3 is 61.5 Å². The predicted octanol–water partition coefficient (Wildman–Crippen LogP) is 0.0135. The van der Waals surface area contributed by atoms with Crippen molar-refractivity contribution in [2.45, 2.75) is 0 Å². The van der Waals surface area contributed by atoms with Crippen molar-refractivity contribution in [1.29, 1.82) is 0 Å². The summed E-state index contributed by atoms with van der Waals surface area (Å²) in [5, 5.41) is 0. The first kappa shape index (κ1) is 99.9. The minimum Gasteiger partial charge on any atom is -0.344 e. The number of rotatable bonds is 0. The molecule has 0 aromatic heterocycles. The van der Waals surface area contributed by atoms with Crippen molar-refractivity contribution in [3.63, 3.8) is 0 Å². The largest absolute Gasteiger partial charge is 0.344 e. The molecule has 0 aliphatic carbocycles. The van der Waals surface area contributed by atoms with Crippen molar-refractivity contribution in [2.24, 2.45) is 0 Å². The number of hydrogen-bond donors (Lipinski definition) is 20. The molecule has 35 heavy (non-hydrogen) atoms. The normalized spacial score (nSPS) is 8.29. The molecule has 0 spiro atoms. The van der Waals surface area contributed by atoms with Gasteiger partial charge in [-0.3, -0.25) is 45.5 Å². The van der Waals surface area contributed by atoms with E-state index in [2.05, 4.69) is 55.9 Å². The highest BCUT2D eigenvalue weighted by molar-refractivity contribution is 8.27. The van der Waals surface area contributed by atoms with E-state index in [0.717, 1.165) is 0 Å². The Kier molecular flexibility index (Phi) is 120. The molecule has 0 radical (unpaired) electrons. The van der Waals surface area contributed by atoms with Crippen molar-refractivity contribution in [3.8, 4) is 0 Å². The Morgan fingerprint density at radius 2 is 0.257 bits per heavy atom. The fraction of sp³-hybridized carbons (Fsp3) is 0. The quantitative estimate of drug-likeness (QED) is 0.155. The summed E-state index contributed by atoms with van der Waals surface area (Å²) in [5.74, 6) is 0. The molecule has 0 heterocycles. The Morgan fingerprint density at radius 3 is 0.257 bits per heavy atom. The lowest BCUT2D eigenvalue weighted by molar-refractivity contribution is 0.448. The summed E-state index contributed by atoms with van der Waals surface area (Å²) in [6.45, 7) is 0. The first-order chi connectivity index (χ1) is 10.0. The molecule has 0 atom stereocenters. The zero-order valence-corrected chi connectivity index (χ0v) is 25.8. The van der Waals surface area contributed by atoms with E-state index in [1.54, 1.807) is 0 Å². The Hall–Kier alpha value is 1.05. The highest BCUT2D eigenvalue weighted by Gasteiger charge is 1.79. The maximum atomic E-state index is 9.11. The SMILES string of the molecule is N.N.N.N.N.N.N.N.N.N.O=S(O)(O)=S.O=S(O)(O)=S.O=S(O)(O)=S.O=S(O)(O)=S.O=S(O)(O)=S. The molecular weight excluding hydrogens is 701 g/mol. The third-order valence-corrected chi connectivity index (χ3v) is 0. The number of hydrogen-bond acceptors (Lipinski definition) is 20. The highest BCUT2D eigenvalue weighted by atomic mass is 32.9. The van der Waals surface area contributed by atoms with Gasteiger partial charge in [0.2, 0.25) is 0 Å². The third-order valence-electron chi connectivity index (χ3n) is 0. The van der Waals surface area contributed by atoms with Gasteiger partial charge >= 0.3 is 0 Å². The molecular formula is H40N10O15S10. The summed E-state index contributed by atoms with van der Waals surface area (Å²) in [6.07, 6.45) is 0. The standard InChI is InChI=1S/10H3N.5H2O3S2/c;;;;;;;;;;5*1-5(2,3)4/h10*1H3;5*(H2,1,2,3,4). The summed E-state index contributed by atoms with van der Waals surface area (Å²) >= 11 is 17.3. The summed E-state index contributed by atoms with van der Waals surface area (Å²) in [7, 11) is -19.2. The van der Waals surface area contributed by atoms with Gasteiger partial charge in [0.05, 0.1) is 0 Å².